The van der Waals surface area contributed by atoms with Gasteiger partial charge in [-0.15, -0.1) is 0 Å². The highest BCUT2D eigenvalue weighted by Crippen LogP contribution is 2.58. The van der Waals surface area contributed by atoms with Crippen molar-refractivity contribution in [1.29, 1.82) is 0 Å². The van der Waals surface area contributed by atoms with E-state index < -0.39 is 23.8 Å². The van der Waals surface area contributed by atoms with Gasteiger partial charge in [-0.05, 0) is 42.7 Å². The van der Waals surface area contributed by atoms with Crippen molar-refractivity contribution in [1.82, 2.24) is 0 Å². The van der Waals surface area contributed by atoms with Gasteiger partial charge in [0.1, 0.15) is 11.6 Å². The quantitative estimate of drug-likeness (QED) is 0.808. The Hall–Kier alpha value is -1.26. The van der Waals surface area contributed by atoms with Crippen molar-refractivity contribution in [2.45, 2.75) is 56.0 Å². The summed E-state index contributed by atoms with van der Waals surface area (Å²) in [6, 6.07) is 2.45. The van der Waals surface area contributed by atoms with Gasteiger partial charge in [0.2, 0.25) is 0 Å². The van der Waals surface area contributed by atoms with Crippen LogP contribution in [0.2, 0.25) is 0 Å². The maximum atomic E-state index is 13.9. The predicted molar refractivity (Wildman–Crippen MR) is 66.2 cm³/mol. The van der Waals surface area contributed by atoms with E-state index in [9.17, 15) is 22.7 Å². The van der Waals surface area contributed by atoms with E-state index in [-0.39, 0.29) is 16.7 Å². The number of hydrogen-bond acceptors (Lipinski definition) is 1. The van der Waals surface area contributed by atoms with Crippen LogP contribution in [0.5, 0.6) is 5.75 Å². The Balaban J connectivity index is 2.02. The Morgan fingerprint density at radius 3 is 2.15 bits per heavy atom. The van der Waals surface area contributed by atoms with Crippen molar-refractivity contribution in [3.63, 3.8) is 0 Å². The molecule has 2 saturated carbocycles. The summed E-state index contributed by atoms with van der Waals surface area (Å²) in [6.45, 7) is 1.90. The van der Waals surface area contributed by atoms with Crippen LogP contribution < -0.4 is 0 Å². The standard InChI is InChI=1S/C15H16F4O/c1-13(2-3-13)9-6-10(12(20)7-11(9)16)14(4-5-14)8-15(17,18)19/h6-7,20H,2-5,8H2,1H3. The Morgan fingerprint density at radius 2 is 1.70 bits per heavy atom. The van der Waals surface area contributed by atoms with Crippen LogP contribution in [0, 0.1) is 5.82 Å². The van der Waals surface area contributed by atoms with Gasteiger partial charge >= 0.3 is 6.18 Å². The molecule has 0 aromatic heterocycles. The van der Waals surface area contributed by atoms with Crippen molar-refractivity contribution in [2.24, 2.45) is 0 Å². The molecule has 3 rings (SSSR count). The minimum Gasteiger partial charge on any atom is -0.508 e. The second-order valence-electron chi connectivity index (χ2n) is 6.48. The summed E-state index contributed by atoms with van der Waals surface area (Å²) in [5.74, 6) is -0.869. The van der Waals surface area contributed by atoms with E-state index in [1.165, 1.54) is 6.07 Å². The van der Waals surface area contributed by atoms with E-state index in [1.807, 2.05) is 6.92 Å². The average molecular weight is 288 g/mol. The number of aromatic hydroxyl groups is 1. The van der Waals surface area contributed by atoms with Gasteiger partial charge in [-0.3, -0.25) is 0 Å². The number of alkyl halides is 3. The zero-order valence-electron chi connectivity index (χ0n) is 11.1. The van der Waals surface area contributed by atoms with E-state index in [2.05, 4.69) is 0 Å². The van der Waals surface area contributed by atoms with Gasteiger partial charge in [0.15, 0.2) is 0 Å². The molecule has 0 unspecified atom stereocenters. The summed E-state index contributed by atoms with van der Waals surface area (Å²) in [5.41, 5.74) is -0.616. The zero-order valence-corrected chi connectivity index (χ0v) is 11.1. The van der Waals surface area contributed by atoms with Crippen LogP contribution >= 0.6 is 0 Å². The lowest BCUT2D eigenvalue weighted by atomic mass is 9.86. The highest BCUT2D eigenvalue weighted by atomic mass is 19.4. The van der Waals surface area contributed by atoms with Crippen molar-refractivity contribution in [3.8, 4) is 5.75 Å². The first kappa shape index (κ1) is 13.7. The Labute approximate surface area is 114 Å². The molecule has 1 N–H and O–H groups in total. The molecule has 0 aliphatic heterocycles. The van der Waals surface area contributed by atoms with Crippen LogP contribution in [0.1, 0.15) is 50.2 Å². The SMILES string of the molecule is CC1(c2cc(C3(CC(F)(F)F)CC3)c(O)cc2F)CC1. The van der Waals surface area contributed by atoms with Gasteiger partial charge in [-0.25, -0.2) is 4.39 Å². The molecule has 2 aliphatic carbocycles. The van der Waals surface area contributed by atoms with Crippen LogP contribution in [-0.4, -0.2) is 11.3 Å². The van der Waals surface area contributed by atoms with Crippen LogP contribution in [0.25, 0.3) is 0 Å². The summed E-state index contributed by atoms with van der Waals surface area (Å²) in [5, 5.41) is 9.87. The first-order chi connectivity index (χ1) is 9.15. The summed E-state index contributed by atoms with van der Waals surface area (Å²) in [4.78, 5) is 0. The van der Waals surface area contributed by atoms with Crippen LogP contribution in [-0.2, 0) is 10.8 Å². The van der Waals surface area contributed by atoms with Crippen molar-refractivity contribution in [3.05, 3.63) is 29.1 Å². The number of hydrogen-bond donors (Lipinski definition) is 1. The topological polar surface area (TPSA) is 20.2 Å². The molecule has 0 spiro atoms. The number of rotatable bonds is 3. The maximum absolute atomic E-state index is 13.9. The average Bonchev–Trinajstić information content (AvgIpc) is 3.17. The third-order valence-electron chi connectivity index (χ3n) is 4.70. The molecule has 20 heavy (non-hydrogen) atoms. The fourth-order valence-electron chi connectivity index (χ4n) is 2.98. The zero-order chi connectivity index (χ0) is 14.8. The number of benzene rings is 1. The molecular formula is C15H16F4O. The molecule has 0 amide bonds. The summed E-state index contributed by atoms with van der Waals surface area (Å²) in [7, 11) is 0. The molecule has 1 aromatic rings. The Morgan fingerprint density at radius 1 is 1.10 bits per heavy atom. The van der Waals surface area contributed by atoms with E-state index >= 15 is 0 Å². The Kier molecular flexibility index (Phi) is 2.67. The molecule has 0 saturated heterocycles. The van der Waals surface area contributed by atoms with Gasteiger partial charge in [-0.2, -0.15) is 13.2 Å². The molecule has 0 atom stereocenters. The van der Waals surface area contributed by atoms with Gasteiger partial charge in [0, 0.05) is 17.0 Å². The van der Waals surface area contributed by atoms with Crippen LogP contribution in [0.4, 0.5) is 17.6 Å². The summed E-state index contributed by atoms with van der Waals surface area (Å²) in [6.07, 6.45) is -2.78. The molecular weight excluding hydrogens is 272 g/mol. The van der Waals surface area contributed by atoms with Gasteiger partial charge in [0.05, 0.1) is 6.42 Å². The van der Waals surface area contributed by atoms with E-state index in [4.69, 9.17) is 0 Å². The monoisotopic (exact) mass is 288 g/mol. The molecule has 2 fully saturated rings. The number of halogens is 4. The minimum absolute atomic E-state index is 0.263. The molecule has 0 heterocycles. The van der Waals surface area contributed by atoms with Crippen LogP contribution in [0.15, 0.2) is 12.1 Å². The largest absolute Gasteiger partial charge is 0.508 e. The van der Waals surface area contributed by atoms with Crippen molar-refractivity contribution in [2.75, 3.05) is 0 Å². The third kappa shape index (κ3) is 2.27. The second kappa shape index (κ2) is 3.89. The fourth-order valence-corrected chi connectivity index (χ4v) is 2.98. The van der Waals surface area contributed by atoms with Gasteiger partial charge in [-0.1, -0.05) is 6.92 Å². The molecule has 5 heteroatoms. The highest BCUT2D eigenvalue weighted by Gasteiger charge is 2.53. The maximum Gasteiger partial charge on any atom is 0.389 e. The van der Waals surface area contributed by atoms with Gasteiger partial charge < -0.3 is 5.11 Å². The number of phenols is 1. The highest BCUT2D eigenvalue weighted by molar-refractivity contribution is 5.48. The smallest absolute Gasteiger partial charge is 0.389 e. The Bertz CT molecular complexity index is 554. The fraction of sp³-hybridized carbons (Fsp3) is 0.600. The lowest BCUT2D eigenvalue weighted by Gasteiger charge is -2.21. The molecule has 110 valence electrons. The lowest BCUT2D eigenvalue weighted by molar-refractivity contribution is -0.141. The third-order valence-corrected chi connectivity index (χ3v) is 4.70. The predicted octanol–water partition coefficient (Wildman–Crippen LogP) is 4.57. The molecule has 0 radical (unpaired) electrons. The van der Waals surface area contributed by atoms with E-state index in [0.29, 0.717) is 18.4 Å². The molecule has 1 aromatic carbocycles. The van der Waals surface area contributed by atoms with Crippen molar-refractivity contribution >= 4 is 0 Å². The summed E-state index contributed by atoms with van der Waals surface area (Å²) >= 11 is 0. The van der Waals surface area contributed by atoms with Crippen molar-refractivity contribution < 1.29 is 22.7 Å². The first-order valence-electron chi connectivity index (χ1n) is 6.76. The lowest BCUT2D eigenvalue weighted by Crippen LogP contribution is -2.20. The van der Waals surface area contributed by atoms with Crippen LogP contribution in [0.3, 0.4) is 0 Å². The first-order valence-corrected chi connectivity index (χ1v) is 6.76. The summed E-state index contributed by atoms with van der Waals surface area (Å²) < 4.78 is 52.0. The normalized spacial score (nSPS) is 22.6. The van der Waals surface area contributed by atoms with E-state index in [1.54, 1.807) is 0 Å². The number of phenolic OH excluding ortho intramolecular Hbond substituents is 1. The van der Waals surface area contributed by atoms with Gasteiger partial charge in [0.25, 0.3) is 0 Å². The minimum atomic E-state index is -4.28. The molecule has 2 aliphatic rings. The molecule has 0 bridgehead atoms. The van der Waals surface area contributed by atoms with E-state index in [0.717, 1.165) is 18.9 Å². The molecule has 1 nitrogen and oxygen atoms in total. The second-order valence-corrected chi connectivity index (χ2v) is 6.48.